The Hall–Kier alpha value is -3.98. The molecule has 6 nitrogen and oxygen atoms in total. The van der Waals surface area contributed by atoms with Crippen LogP contribution in [0.2, 0.25) is 0 Å². The Balaban J connectivity index is 1.61. The highest BCUT2D eigenvalue weighted by molar-refractivity contribution is 6.13. The van der Waals surface area contributed by atoms with Crippen molar-refractivity contribution in [1.82, 2.24) is 0 Å². The molecular weight excluding hydrogens is 428 g/mol. The number of hydrogen-bond acceptors (Lipinski definition) is 5. The summed E-state index contributed by atoms with van der Waals surface area (Å²) >= 11 is 0. The number of nitriles is 1. The van der Waals surface area contributed by atoms with Gasteiger partial charge in [-0.2, -0.15) is 5.26 Å². The highest BCUT2D eigenvalue weighted by Crippen LogP contribution is 2.57. The molecule has 34 heavy (non-hydrogen) atoms. The molecule has 0 fully saturated rings. The van der Waals surface area contributed by atoms with Gasteiger partial charge in [0.1, 0.15) is 17.8 Å². The van der Waals surface area contributed by atoms with Crippen LogP contribution in [0.4, 0.5) is 5.69 Å². The van der Waals surface area contributed by atoms with Crippen LogP contribution in [0.3, 0.4) is 0 Å². The van der Waals surface area contributed by atoms with Crippen molar-refractivity contribution in [3.63, 3.8) is 0 Å². The number of ether oxygens (including phenoxy) is 3. The fourth-order valence-electron chi connectivity index (χ4n) is 5.47. The second kappa shape index (κ2) is 7.81. The van der Waals surface area contributed by atoms with Crippen molar-refractivity contribution in [2.75, 3.05) is 24.8 Å². The van der Waals surface area contributed by atoms with Crippen LogP contribution in [0.25, 0.3) is 11.1 Å². The van der Waals surface area contributed by atoms with E-state index in [2.05, 4.69) is 13.0 Å². The molecule has 0 aromatic heterocycles. The molecule has 3 aromatic carbocycles. The van der Waals surface area contributed by atoms with Crippen LogP contribution in [-0.4, -0.2) is 25.9 Å². The van der Waals surface area contributed by atoms with Gasteiger partial charge in [0.05, 0.1) is 11.6 Å². The molecule has 170 valence electrons. The maximum atomic E-state index is 14.3. The summed E-state index contributed by atoms with van der Waals surface area (Å²) in [5, 5.41) is 9.81. The van der Waals surface area contributed by atoms with Gasteiger partial charge in [0, 0.05) is 29.4 Å². The summed E-state index contributed by atoms with van der Waals surface area (Å²) in [7, 11) is 0. The summed E-state index contributed by atoms with van der Waals surface area (Å²) in [6.07, 6.45) is 3.05. The molecule has 0 saturated carbocycles. The highest BCUT2D eigenvalue weighted by Gasteiger charge is 2.58. The first-order valence-electron chi connectivity index (χ1n) is 11.7. The maximum Gasteiger partial charge on any atom is 0.245 e. The van der Waals surface area contributed by atoms with Crippen molar-refractivity contribution >= 4 is 11.6 Å². The Kier molecular flexibility index (Phi) is 4.73. The molecule has 1 atom stereocenters. The first kappa shape index (κ1) is 20.6. The van der Waals surface area contributed by atoms with Crippen LogP contribution in [0, 0.1) is 11.3 Å². The van der Waals surface area contributed by atoms with E-state index in [1.807, 2.05) is 59.5 Å². The molecule has 3 aromatic rings. The lowest BCUT2D eigenvalue weighted by atomic mass is 9.73. The number of amides is 1. The number of carbonyl (C=O) groups is 1. The maximum absolute atomic E-state index is 14.3. The van der Waals surface area contributed by atoms with Crippen molar-refractivity contribution in [3.05, 3.63) is 71.3 Å². The van der Waals surface area contributed by atoms with Gasteiger partial charge in [0.15, 0.2) is 11.5 Å². The Morgan fingerprint density at radius 1 is 0.971 bits per heavy atom. The van der Waals surface area contributed by atoms with Crippen LogP contribution in [0.5, 0.6) is 17.2 Å². The van der Waals surface area contributed by atoms with Crippen LogP contribution in [0.15, 0.2) is 54.6 Å². The summed E-state index contributed by atoms with van der Waals surface area (Å²) in [6.45, 7) is 3.15. The van der Waals surface area contributed by atoms with E-state index in [9.17, 15) is 10.1 Å². The lowest BCUT2D eigenvalue weighted by Crippen LogP contribution is -2.43. The van der Waals surface area contributed by atoms with Gasteiger partial charge in [-0.15, -0.1) is 0 Å². The molecular formula is C28H24N2O4. The molecule has 0 N–H and O–H groups in total. The first-order chi connectivity index (χ1) is 16.7. The molecule has 3 heterocycles. The predicted molar refractivity (Wildman–Crippen MR) is 127 cm³/mol. The summed E-state index contributed by atoms with van der Waals surface area (Å²) in [6, 6.07) is 19.6. The van der Waals surface area contributed by atoms with Crippen LogP contribution in [0.1, 0.15) is 42.9 Å². The van der Waals surface area contributed by atoms with Crippen molar-refractivity contribution in [1.29, 1.82) is 5.26 Å². The number of anilines is 1. The van der Waals surface area contributed by atoms with Gasteiger partial charge >= 0.3 is 0 Å². The van der Waals surface area contributed by atoms with E-state index in [1.165, 1.54) is 0 Å². The summed E-state index contributed by atoms with van der Waals surface area (Å²) in [5.41, 5.74) is 3.86. The normalized spacial score (nSPS) is 19.2. The van der Waals surface area contributed by atoms with E-state index in [1.54, 1.807) is 0 Å². The summed E-state index contributed by atoms with van der Waals surface area (Å²) < 4.78 is 17.4. The average molecular weight is 453 g/mol. The van der Waals surface area contributed by atoms with Crippen molar-refractivity contribution < 1.29 is 19.0 Å². The van der Waals surface area contributed by atoms with Gasteiger partial charge in [-0.1, -0.05) is 50.1 Å². The van der Waals surface area contributed by atoms with E-state index in [0.717, 1.165) is 47.2 Å². The van der Waals surface area contributed by atoms with E-state index in [4.69, 9.17) is 14.2 Å². The number of rotatable bonds is 5. The fourth-order valence-corrected chi connectivity index (χ4v) is 5.47. The van der Waals surface area contributed by atoms with Gasteiger partial charge in [-0.05, 0) is 35.7 Å². The second-order valence-electron chi connectivity index (χ2n) is 8.92. The zero-order valence-corrected chi connectivity index (χ0v) is 19.0. The standard InChI is InChI=1S/C28H24N2O4/c1-2-3-6-12-30-22-11-7-10-20(19-9-5-4-8-18(19)15-29)26(22)28(27(30)31)16-32-23-14-25-24(13-21(23)28)33-17-34-25/h4-5,7-11,13-14H,2-3,6,12,16-17H2,1H3. The van der Waals surface area contributed by atoms with Gasteiger partial charge < -0.3 is 19.1 Å². The van der Waals surface area contributed by atoms with Crippen LogP contribution in [-0.2, 0) is 10.2 Å². The van der Waals surface area contributed by atoms with E-state index in [0.29, 0.717) is 29.4 Å². The molecule has 0 aliphatic carbocycles. The Morgan fingerprint density at radius 3 is 2.59 bits per heavy atom. The number of nitrogens with zero attached hydrogens (tertiary/aromatic N) is 2. The molecule has 0 radical (unpaired) electrons. The molecule has 6 heteroatoms. The minimum absolute atomic E-state index is 0.0121. The minimum atomic E-state index is -1.00. The zero-order chi connectivity index (χ0) is 23.3. The number of fused-ring (bicyclic) bond motifs is 5. The smallest absolute Gasteiger partial charge is 0.245 e. The van der Waals surface area contributed by atoms with E-state index >= 15 is 0 Å². The van der Waals surface area contributed by atoms with Crippen molar-refractivity contribution in [3.8, 4) is 34.4 Å². The monoisotopic (exact) mass is 452 g/mol. The molecule has 1 unspecified atom stereocenters. The third-order valence-corrected chi connectivity index (χ3v) is 7.07. The molecule has 6 rings (SSSR count). The predicted octanol–water partition coefficient (Wildman–Crippen LogP) is 5.17. The van der Waals surface area contributed by atoms with Gasteiger partial charge in [-0.25, -0.2) is 0 Å². The average Bonchev–Trinajstić information content (AvgIpc) is 3.54. The fraction of sp³-hybridized carbons (Fsp3) is 0.286. The number of benzene rings is 3. The van der Waals surface area contributed by atoms with Gasteiger partial charge in [0.25, 0.3) is 0 Å². The van der Waals surface area contributed by atoms with Crippen molar-refractivity contribution in [2.24, 2.45) is 0 Å². The van der Waals surface area contributed by atoms with Gasteiger partial charge in [-0.3, -0.25) is 4.79 Å². The Morgan fingerprint density at radius 2 is 1.76 bits per heavy atom. The van der Waals surface area contributed by atoms with E-state index in [-0.39, 0.29) is 19.3 Å². The van der Waals surface area contributed by atoms with Crippen LogP contribution < -0.4 is 19.1 Å². The van der Waals surface area contributed by atoms with Crippen molar-refractivity contribution in [2.45, 2.75) is 31.6 Å². The lowest BCUT2D eigenvalue weighted by Gasteiger charge is -2.24. The largest absolute Gasteiger partial charge is 0.491 e. The third kappa shape index (κ3) is 2.76. The molecule has 0 bridgehead atoms. The SMILES string of the molecule is CCCCCN1C(=O)C2(COc3cc4c(cc32)OCO4)c2c(-c3ccccc3C#N)cccc21. The molecule has 1 spiro atoms. The quantitative estimate of drug-likeness (QED) is 0.500. The molecule has 0 saturated heterocycles. The van der Waals surface area contributed by atoms with Gasteiger partial charge in [0.2, 0.25) is 12.7 Å². The lowest BCUT2D eigenvalue weighted by molar-refractivity contribution is -0.122. The molecule has 3 aliphatic heterocycles. The Bertz CT molecular complexity index is 1360. The minimum Gasteiger partial charge on any atom is -0.491 e. The first-order valence-corrected chi connectivity index (χ1v) is 11.7. The summed E-state index contributed by atoms with van der Waals surface area (Å²) in [4.78, 5) is 16.2. The zero-order valence-electron chi connectivity index (χ0n) is 19.0. The third-order valence-electron chi connectivity index (χ3n) is 7.07. The van der Waals surface area contributed by atoms with E-state index < -0.39 is 5.41 Å². The molecule has 3 aliphatic rings. The van der Waals surface area contributed by atoms with Crippen LogP contribution >= 0.6 is 0 Å². The Labute approximate surface area is 198 Å². The number of hydrogen-bond donors (Lipinski definition) is 0. The highest BCUT2D eigenvalue weighted by atomic mass is 16.7. The number of unbranched alkanes of at least 4 members (excludes halogenated alkanes) is 2. The number of carbonyl (C=O) groups excluding carboxylic acids is 1. The summed E-state index contributed by atoms with van der Waals surface area (Å²) in [5.74, 6) is 1.90. The second-order valence-corrected chi connectivity index (χ2v) is 8.92. The topological polar surface area (TPSA) is 71.8 Å². The molecule has 1 amide bonds.